The fourth-order valence-corrected chi connectivity index (χ4v) is 1.09. The molecule has 0 aliphatic rings. The Morgan fingerprint density at radius 2 is 2.15 bits per heavy atom. The van der Waals surface area contributed by atoms with Crippen LogP contribution in [0.5, 0.6) is 0 Å². The predicted octanol–water partition coefficient (Wildman–Crippen LogP) is 1.18. The van der Waals surface area contributed by atoms with Crippen LogP contribution in [0.3, 0.4) is 0 Å². The number of alkyl carbamates (subject to hydrolysis) is 1. The van der Waals surface area contributed by atoms with E-state index >= 15 is 0 Å². The second-order valence-corrected chi connectivity index (χ2v) is 2.84. The van der Waals surface area contributed by atoms with Crippen LogP contribution in [0, 0.1) is 5.92 Å². The van der Waals surface area contributed by atoms with E-state index in [0.29, 0.717) is 6.42 Å². The molecule has 5 heteroatoms. The lowest BCUT2D eigenvalue weighted by molar-refractivity contribution is -0.120. The molecule has 13 heavy (non-hydrogen) atoms. The summed E-state index contributed by atoms with van der Waals surface area (Å²) in [5, 5.41) is 2.46. The molecule has 0 fully saturated rings. The lowest BCUT2D eigenvalue weighted by Crippen LogP contribution is -2.33. The first-order valence-electron chi connectivity index (χ1n) is 4.06. The van der Waals surface area contributed by atoms with E-state index in [4.69, 9.17) is 11.6 Å². The Morgan fingerprint density at radius 1 is 1.54 bits per heavy atom. The van der Waals surface area contributed by atoms with Gasteiger partial charge in [-0.2, -0.15) is 0 Å². The summed E-state index contributed by atoms with van der Waals surface area (Å²) in [4.78, 5) is 21.8. The lowest BCUT2D eigenvalue weighted by atomic mass is 10.0. The number of halogens is 1. The monoisotopic (exact) mass is 207 g/mol. The fourth-order valence-electron chi connectivity index (χ4n) is 0.874. The van der Waals surface area contributed by atoms with Gasteiger partial charge in [0.2, 0.25) is 0 Å². The summed E-state index contributed by atoms with van der Waals surface area (Å²) in [5.74, 6) is -0.279. The Balaban J connectivity index is 3.85. The van der Waals surface area contributed by atoms with Crippen molar-refractivity contribution in [1.29, 1.82) is 0 Å². The molecule has 0 aromatic carbocycles. The van der Waals surface area contributed by atoms with Crippen molar-refractivity contribution < 1.29 is 14.3 Å². The molecule has 0 bridgehead atoms. The van der Waals surface area contributed by atoms with E-state index in [0.717, 1.165) is 0 Å². The van der Waals surface area contributed by atoms with Crippen LogP contribution in [0.25, 0.3) is 0 Å². The summed E-state index contributed by atoms with van der Waals surface area (Å²) in [5.41, 5.74) is 0. The largest absolute Gasteiger partial charge is 0.453 e. The van der Waals surface area contributed by atoms with Crippen molar-refractivity contribution in [3.8, 4) is 0 Å². The third-order valence-electron chi connectivity index (χ3n) is 1.76. The SMILES string of the molecule is CCC(CNC(=O)OC)C(=O)CCl. The Bertz CT molecular complexity index is 184. The van der Waals surface area contributed by atoms with E-state index in [-0.39, 0.29) is 24.1 Å². The highest BCUT2D eigenvalue weighted by Gasteiger charge is 2.15. The molecule has 1 N–H and O–H groups in total. The van der Waals surface area contributed by atoms with Crippen LogP contribution >= 0.6 is 11.6 Å². The number of ketones is 1. The van der Waals surface area contributed by atoms with Crippen LogP contribution < -0.4 is 5.32 Å². The third kappa shape index (κ3) is 4.72. The average molecular weight is 208 g/mol. The molecule has 0 spiro atoms. The van der Waals surface area contributed by atoms with Crippen LogP contribution in [-0.2, 0) is 9.53 Å². The van der Waals surface area contributed by atoms with Gasteiger partial charge in [0.15, 0.2) is 5.78 Å². The zero-order valence-corrected chi connectivity index (χ0v) is 8.56. The molecule has 0 aromatic heterocycles. The maximum absolute atomic E-state index is 11.1. The summed E-state index contributed by atoms with van der Waals surface area (Å²) in [6.45, 7) is 2.16. The van der Waals surface area contributed by atoms with Gasteiger partial charge in [-0.1, -0.05) is 6.92 Å². The van der Waals surface area contributed by atoms with Gasteiger partial charge in [0.25, 0.3) is 0 Å². The molecular formula is C8H14ClNO3. The van der Waals surface area contributed by atoms with E-state index < -0.39 is 6.09 Å². The normalized spacial score (nSPS) is 11.9. The van der Waals surface area contributed by atoms with Gasteiger partial charge < -0.3 is 10.1 Å². The van der Waals surface area contributed by atoms with Crippen molar-refractivity contribution in [3.63, 3.8) is 0 Å². The molecule has 0 aliphatic carbocycles. The molecule has 0 heterocycles. The molecule has 0 saturated carbocycles. The van der Waals surface area contributed by atoms with E-state index in [1.165, 1.54) is 7.11 Å². The lowest BCUT2D eigenvalue weighted by Gasteiger charge is -2.12. The number of hydrogen-bond acceptors (Lipinski definition) is 3. The minimum atomic E-state index is -0.527. The van der Waals surface area contributed by atoms with Gasteiger partial charge in [-0.3, -0.25) is 4.79 Å². The summed E-state index contributed by atoms with van der Waals surface area (Å²) >= 11 is 5.38. The van der Waals surface area contributed by atoms with Crippen LogP contribution in [0.15, 0.2) is 0 Å². The Kier molecular flexibility index (Phi) is 6.32. The van der Waals surface area contributed by atoms with E-state index in [2.05, 4.69) is 10.1 Å². The summed E-state index contributed by atoms with van der Waals surface area (Å²) in [7, 11) is 1.28. The molecular weight excluding hydrogens is 194 g/mol. The molecule has 0 aliphatic heterocycles. The highest BCUT2D eigenvalue weighted by Crippen LogP contribution is 2.03. The molecule has 0 rings (SSSR count). The van der Waals surface area contributed by atoms with Crippen molar-refractivity contribution in [2.45, 2.75) is 13.3 Å². The second kappa shape index (κ2) is 6.71. The molecule has 0 radical (unpaired) electrons. The number of amides is 1. The van der Waals surface area contributed by atoms with E-state index in [1.54, 1.807) is 0 Å². The number of Topliss-reactive ketones (excluding diaryl/α,β-unsaturated/α-hetero) is 1. The van der Waals surface area contributed by atoms with Crippen LogP contribution in [0.2, 0.25) is 0 Å². The zero-order chi connectivity index (χ0) is 10.3. The minimum Gasteiger partial charge on any atom is -0.453 e. The number of carbonyl (C=O) groups excluding carboxylic acids is 2. The van der Waals surface area contributed by atoms with Gasteiger partial charge in [0.1, 0.15) is 0 Å². The Hall–Kier alpha value is -0.770. The third-order valence-corrected chi connectivity index (χ3v) is 2.02. The maximum atomic E-state index is 11.1. The van der Waals surface area contributed by atoms with Gasteiger partial charge in [-0.25, -0.2) is 4.79 Å². The standard InChI is InChI=1S/C8H14ClNO3/c1-3-6(7(11)4-9)5-10-8(12)13-2/h6H,3-5H2,1-2H3,(H,10,12). The molecule has 76 valence electrons. The fraction of sp³-hybridized carbons (Fsp3) is 0.750. The summed E-state index contributed by atoms with van der Waals surface area (Å²) in [6.07, 6.45) is 0.135. The first kappa shape index (κ1) is 12.2. The van der Waals surface area contributed by atoms with E-state index in [9.17, 15) is 9.59 Å². The van der Waals surface area contributed by atoms with Gasteiger partial charge in [0, 0.05) is 12.5 Å². The molecule has 1 atom stereocenters. The molecule has 0 aromatic rings. The van der Waals surface area contributed by atoms with Crippen LogP contribution in [-0.4, -0.2) is 31.4 Å². The Morgan fingerprint density at radius 3 is 2.54 bits per heavy atom. The van der Waals surface area contributed by atoms with Crippen LogP contribution in [0.4, 0.5) is 4.79 Å². The highest BCUT2D eigenvalue weighted by atomic mass is 35.5. The predicted molar refractivity (Wildman–Crippen MR) is 49.9 cm³/mol. The topological polar surface area (TPSA) is 55.4 Å². The van der Waals surface area contributed by atoms with Gasteiger partial charge in [0.05, 0.1) is 13.0 Å². The first-order valence-corrected chi connectivity index (χ1v) is 4.59. The van der Waals surface area contributed by atoms with Gasteiger partial charge in [-0.15, -0.1) is 11.6 Å². The number of alkyl halides is 1. The van der Waals surface area contributed by atoms with Crippen LogP contribution in [0.1, 0.15) is 13.3 Å². The number of ether oxygens (including phenoxy) is 1. The number of hydrogen-bond donors (Lipinski definition) is 1. The van der Waals surface area contributed by atoms with Gasteiger partial charge in [-0.05, 0) is 6.42 Å². The van der Waals surface area contributed by atoms with Crippen molar-refractivity contribution in [3.05, 3.63) is 0 Å². The van der Waals surface area contributed by atoms with Crippen molar-refractivity contribution in [2.75, 3.05) is 19.5 Å². The quantitative estimate of drug-likeness (QED) is 0.689. The molecule has 4 nitrogen and oxygen atoms in total. The van der Waals surface area contributed by atoms with E-state index in [1.807, 2.05) is 6.92 Å². The van der Waals surface area contributed by atoms with Crippen molar-refractivity contribution >= 4 is 23.5 Å². The smallest absolute Gasteiger partial charge is 0.406 e. The number of methoxy groups -OCH3 is 1. The zero-order valence-electron chi connectivity index (χ0n) is 7.80. The first-order chi connectivity index (χ1) is 6.15. The summed E-state index contributed by atoms with van der Waals surface area (Å²) in [6, 6.07) is 0. The van der Waals surface area contributed by atoms with Crippen molar-refractivity contribution in [2.24, 2.45) is 5.92 Å². The molecule has 1 unspecified atom stereocenters. The number of rotatable bonds is 5. The maximum Gasteiger partial charge on any atom is 0.406 e. The van der Waals surface area contributed by atoms with Crippen molar-refractivity contribution in [1.82, 2.24) is 5.32 Å². The minimum absolute atomic E-state index is 0.0125. The number of carbonyl (C=O) groups is 2. The molecule has 0 saturated heterocycles. The highest BCUT2D eigenvalue weighted by molar-refractivity contribution is 6.27. The number of nitrogens with one attached hydrogen (secondary N) is 1. The molecule has 1 amide bonds. The summed E-state index contributed by atoms with van der Waals surface area (Å²) < 4.78 is 4.36. The second-order valence-electron chi connectivity index (χ2n) is 2.58. The average Bonchev–Trinajstić information content (AvgIpc) is 2.17. The Labute approximate surface area is 82.6 Å². The van der Waals surface area contributed by atoms with Gasteiger partial charge >= 0.3 is 6.09 Å².